The number of aryl methyl sites for hydroxylation is 4. The van der Waals surface area contributed by atoms with Crippen molar-refractivity contribution in [3.63, 3.8) is 0 Å². The van der Waals surface area contributed by atoms with Gasteiger partial charge in [0.05, 0.1) is 0 Å². The molecule has 4 aromatic rings. The van der Waals surface area contributed by atoms with Crippen LogP contribution in [0, 0.1) is 27.7 Å². The monoisotopic (exact) mass is 560 g/mol. The Labute approximate surface area is 216 Å². The summed E-state index contributed by atoms with van der Waals surface area (Å²) < 4.78 is 0. The van der Waals surface area contributed by atoms with Crippen molar-refractivity contribution in [1.82, 2.24) is 0 Å². The molecule has 32 heavy (non-hydrogen) atoms. The van der Waals surface area contributed by atoms with Gasteiger partial charge in [0.25, 0.3) is 0 Å². The standard InChI is InChI=1S/2C11H11.C6H14Si.2ClH.Zr/c2*1-8-6-10-5-3-4-9(2)11(10)7-8;1-5(2)7-6(3)4;;;/h2*3-7H,1-2H3;5-6H,1-4H3;2*1H;/q2*-1;;;;+4/p-2. The maximum atomic E-state index is 4.93. The van der Waals surface area contributed by atoms with E-state index in [-0.39, 0.29) is 0 Å². The van der Waals surface area contributed by atoms with Gasteiger partial charge in [0.15, 0.2) is 0 Å². The van der Waals surface area contributed by atoms with E-state index < -0.39 is 20.8 Å². The summed E-state index contributed by atoms with van der Waals surface area (Å²) in [6, 6.07) is 21.8. The van der Waals surface area contributed by atoms with Crippen LogP contribution in [0.2, 0.25) is 11.1 Å². The molecule has 2 radical (unpaired) electrons. The van der Waals surface area contributed by atoms with Crippen molar-refractivity contribution in [2.45, 2.75) is 66.5 Å². The van der Waals surface area contributed by atoms with Crippen molar-refractivity contribution in [2.75, 3.05) is 0 Å². The van der Waals surface area contributed by atoms with E-state index in [0.717, 1.165) is 20.6 Å². The average Bonchev–Trinajstić information content (AvgIpc) is 3.25. The van der Waals surface area contributed by atoms with Gasteiger partial charge in [-0.1, -0.05) is 75.9 Å². The topological polar surface area (TPSA) is 0 Å². The molecule has 0 saturated carbocycles. The maximum absolute atomic E-state index is 4.93. The molecular formula is C28H36Cl2SiZr. The van der Waals surface area contributed by atoms with Gasteiger partial charge in [0.2, 0.25) is 0 Å². The minimum atomic E-state index is -0.826. The molecule has 0 fully saturated rings. The first-order valence-electron chi connectivity index (χ1n) is 11.1. The molecule has 0 amide bonds. The molecular weight excluding hydrogens is 527 g/mol. The fourth-order valence-electron chi connectivity index (χ4n) is 3.75. The second-order valence-electron chi connectivity index (χ2n) is 8.77. The summed E-state index contributed by atoms with van der Waals surface area (Å²) in [6.07, 6.45) is 0. The normalized spacial score (nSPS) is 10.1. The van der Waals surface area contributed by atoms with Gasteiger partial charge in [-0.2, -0.15) is 12.1 Å². The van der Waals surface area contributed by atoms with Crippen LogP contribution in [-0.4, -0.2) is 9.52 Å². The Morgan fingerprint density at radius 1 is 0.688 bits per heavy atom. The van der Waals surface area contributed by atoms with Crippen molar-refractivity contribution in [3.8, 4) is 0 Å². The van der Waals surface area contributed by atoms with E-state index in [4.69, 9.17) is 17.0 Å². The Morgan fingerprint density at radius 2 is 1.03 bits per heavy atom. The molecule has 4 aromatic carbocycles. The molecule has 0 unspecified atom stereocenters. The fourth-order valence-corrected chi connectivity index (χ4v) is 5.08. The molecule has 0 bridgehead atoms. The molecule has 0 aromatic heterocycles. The van der Waals surface area contributed by atoms with Crippen LogP contribution >= 0.6 is 17.0 Å². The van der Waals surface area contributed by atoms with Crippen LogP contribution in [0.3, 0.4) is 0 Å². The summed E-state index contributed by atoms with van der Waals surface area (Å²) in [7, 11) is 11.0. The Bertz CT molecular complexity index is 976. The van der Waals surface area contributed by atoms with Gasteiger partial charge in [-0.05, 0) is 13.8 Å². The first kappa shape index (κ1) is 29.4. The van der Waals surface area contributed by atoms with Crippen LogP contribution in [0.25, 0.3) is 21.5 Å². The Kier molecular flexibility index (Phi) is 14.0. The summed E-state index contributed by atoms with van der Waals surface area (Å²) in [5.74, 6) is 0. The van der Waals surface area contributed by atoms with Crippen LogP contribution in [0.5, 0.6) is 0 Å². The number of fused-ring (bicyclic) bond motifs is 2. The molecule has 0 aliphatic carbocycles. The number of benzene rings is 2. The quantitative estimate of drug-likeness (QED) is 0.168. The third-order valence-corrected chi connectivity index (χ3v) is 6.23. The zero-order valence-electron chi connectivity index (χ0n) is 20.7. The summed E-state index contributed by atoms with van der Waals surface area (Å²) in [5, 5.41) is 5.51. The van der Waals surface area contributed by atoms with Crippen molar-refractivity contribution in [3.05, 3.63) is 82.9 Å². The van der Waals surface area contributed by atoms with Gasteiger partial charge in [-0.15, -0.1) is 69.1 Å². The SMILES string of the molecule is CC(C)[Si]C(C)C.Cc1cc2c(C)cccc2[cH-]1.Cc1cc2c(C)cccc2[cH-]1.[Cl][Zr+2][Cl]. The van der Waals surface area contributed by atoms with Gasteiger partial charge in [0, 0.05) is 9.52 Å². The van der Waals surface area contributed by atoms with Crippen LogP contribution in [0.15, 0.2) is 60.7 Å². The molecule has 0 atom stereocenters. The van der Waals surface area contributed by atoms with E-state index in [0.29, 0.717) is 0 Å². The molecule has 0 aliphatic heterocycles. The molecule has 170 valence electrons. The Morgan fingerprint density at radius 3 is 1.28 bits per heavy atom. The van der Waals surface area contributed by atoms with Crippen molar-refractivity contribution in [1.29, 1.82) is 0 Å². The van der Waals surface area contributed by atoms with Gasteiger partial charge in [-0.25, -0.2) is 0 Å². The first-order chi connectivity index (χ1) is 15.1. The summed E-state index contributed by atoms with van der Waals surface area (Å²) in [4.78, 5) is 0. The molecule has 4 rings (SSSR count). The number of hydrogen-bond donors (Lipinski definition) is 0. The first-order valence-corrected chi connectivity index (χ1v) is 18.5. The number of halogens is 2. The van der Waals surface area contributed by atoms with Gasteiger partial charge in [-0.3, -0.25) is 0 Å². The van der Waals surface area contributed by atoms with E-state index in [2.05, 4.69) is 116 Å². The zero-order chi connectivity index (χ0) is 24.3. The molecule has 0 nitrogen and oxygen atoms in total. The second kappa shape index (κ2) is 15.3. The Hall–Kier alpha value is -0.660. The summed E-state index contributed by atoms with van der Waals surface area (Å²) >= 11 is -0.826. The van der Waals surface area contributed by atoms with E-state index in [1.54, 1.807) is 0 Å². The van der Waals surface area contributed by atoms with Crippen LogP contribution in [0.4, 0.5) is 0 Å². The van der Waals surface area contributed by atoms with Crippen LogP contribution in [0.1, 0.15) is 49.9 Å². The van der Waals surface area contributed by atoms with E-state index >= 15 is 0 Å². The molecule has 0 aliphatic rings. The van der Waals surface area contributed by atoms with E-state index in [1.807, 2.05) is 0 Å². The van der Waals surface area contributed by atoms with Crippen LogP contribution in [-0.2, 0) is 20.8 Å². The molecule has 0 heterocycles. The number of hydrogen-bond acceptors (Lipinski definition) is 0. The third-order valence-electron chi connectivity index (χ3n) is 4.89. The van der Waals surface area contributed by atoms with E-state index in [1.165, 1.54) is 43.8 Å². The second-order valence-corrected chi connectivity index (χ2v) is 15.1. The van der Waals surface area contributed by atoms with Crippen molar-refractivity contribution >= 4 is 48.1 Å². The summed E-state index contributed by atoms with van der Waals surface area (Å²) in [5.41, 5.74) is 7.26. The molecule has 0 saturated heterocycles. The van der Waals surface area contributed by atoms with Gasteiger partial charge in [0.1, 0.15) is 0 Å². The average molecular weight is 563 g/mol. The van der Waals surface area contributed by atoms with Gasteiger partial charge >= 0.3 is 37.9 Å². The van der Waals surface area contributed by atoms with Gasteiger partial charge < -0.3 is 0 Å². The summed E-state index contributed by atoms with van der Waals surface area (Å²) in [6.45, 7) is 17.7. The minimum absolute atomic E-state index is 0.826. The molecule has 0 spiro atoms. The predicted octanol–water partition coefficient (Wildman–Crippen LogP) is 10.1. The molecule has 4 heteroatoms. The van der Waals surface area contributed by atoms with Crippen molar-refractivity contribution < 1.29 is 20.8 Å². The Balaban J connectivity index is 0.000000232. The molecule has 0 N–H and O–H groups in total. The van der Waals surface area contributed by atoms with Crippen molar-refractivity contribution in [2.24, 2.45) is 0 Å². The third kappa shape index (κ3) is 10.5. The van der Waals surface area contributed by atoms with Crippen LogP contribution < -0.4 is 0 Å². The van der Waals surface area contributed by atoms with E-state index in [9.17, 15) is 0 Å². The number of rotatable bonds is 2. The zero-order valence-corrected chi connectivity index (χ0v) is 25.7. The predicted molar refractivity (Wildman–Crippen MR) is 146 cm³/mol. The fraction of sp³-hybridized carbons (Fsp3) is 0.357.